The van der Waals surface area contributed by atoms with Crippen molar-refractivity contribution < 1.29 is 4.42 Å². The van der Waals surface area contributed by atoms with Gasteiger partial charge >= 0.3 is 0 Å². The lowest BCUT2D eigenvalue weighted by Crippen LogP contribution is -2.32. The molecule has 80 valence electrons. The molecular weight excluding hydrogens is 176 g/mol. The number of nitrogens with two attached hydrogens (primary N) is 1. The van der Waals surface area contributed by atoms with Crippen molar-refractivity contribution in [1.82, 2.24) is 5.43 Å². The van der Waals surface area contributed by atoms with Gasteiger partial charge in [0.2, 0.25) is 0 Å². The Kier molecular flexibility index (Phi) is 4.17. The quantitative estimate of drug-likeness (QED) is 0.562. The van der Waals surface area contributed by atoms with E-state index >= 15 is 0 Å². The van der Waals surface area contributed by atoms with Crippen LogP contribution in [0.2, 0.25) is 0 Å². The molecule has 1 aromatic heterocycles. The molecular formula is C11H20N2O. The SMILES string of the molecule is CCCC(C)C(NN)c1occc1C. The second kappa shape index (κ2) is 5.17. The molecule has 0 aliphatic rings. The Labute approximate surface area is 85.6 Å². The molecule has 3 nitrogen and oxygen atoms in total. The van der Waals surface area contributed by atoms with Gasteiger partial charge in [-0.15, -0.1) is 0 Å². The first-order valence-corrected chi connectivity index (χ1v) is 5.20. The standard InChI is InChI=1S/C11H20N2O/c1-4-5-8(2)10(13-12)11-9(3)6-7-14-11/h6-8,10,13H,4-5,12H2,1-3H3. The molecule has 1 rings (SSSR count). The van der Waals surface area contributed by atoms with Crippen molar-refractivity contribution in [3.8, 4) is 0 Å². The summed E-state index contributed by atoms with van der Waals surface area (Å²) in [6.45, 7) is 6.41. The van der Waals surface area contributed by atoms with E-state index in [1.165, 1.54) is 6.42 Å². The van der Waals surface area contributed by atoms with Crippen molar-refractivity contribution in [2.75, 3.05) is 0 Å². The zero-order valence-corrected chi connectivity index (χ0v) is 9.21. The Morgan fingerprint density at radius 1 is 1.57 bits per heavy atom. The Bertz CT molecular complexity index is 270. The zero-order chi connectivity index (χ0) is 10.6. The third-order valence-electron chi connectivity index (χ3n) is 2.68. The summed E-state index contributed by atoms with van der Waals surface area (Å²) < 4.78 is 5.44. The summed E-state index contributed by atoms with van der Waals surface area (Å²) >= 11 is 0. The topological polar surface area (TPSA) is 51.2 Å². The second-order valence-corrected chi connectivity index (χ2v) is 3.88. The van der Waals surface area contributed by atoms with Gasteiger partial charge in [-0.2, -0.15) is 0 Å². The van der Waals surface area contributed by atoms with E-state index < -0.39 is 0 Å². The third kappa shape index (κ3) is 2.36. The fourth-order valence-electron chi connectivity index (χ4n) is 1.82. The average molecular weight is 196 g/mol. The van der Waals surface area contributed by atoms with E-state index in [9.17, 15) is 0 Å². The number of hydrazine groups is 1. The lowest BCUT2D eigenvalue weighted by atomic mass is 9.94. The smallest absolute Gasteiger partial charge is 0.125 e. The highest BCUT2D eigenvalue weighted by molar-refractivity contribution is 5.18. The van der Waals surface area contributed by atoms with Crippen LogP contribution in [0.1, 0.15) is 44.1 Å². The van der Waals surface area contributed by atoms with Gasteiger partial charge in [-0.1, -0.05) is 20.3 Å². The summed E-state index contributed by atoms with van der Waals surface area (Å²) in [6, 6.07) is 2.10. The maximum absolute atomic E-state index is 5.55. The van der Waals surface area contributed by atoms with Crippen molar-refractivity contribution in [3.05, 3.63) is 23.7 Å². The van der Waals surface area contributed by atoms with E-state index in [4.69, 9.17) is 10.3 Å². The molecule has 0 saturated carbocycles. The summed E-state index contributed by atoms with van der Waals surface area (Å²) in [6.07, 6.45) is 4.03. The van der Waals surface area contributed by atoms with E-state index in [0.29, 0.717) is 5.92 Å². The first-order chi connectivity index (χ1) is 6.70. The molecule has 1 aromatic rings. The molecule has 0 saturated heterocycles. The van der Waals surface area contributed by atoms with Crippen LogP contribution in [0.3, 0.4) is 0 Å². The molecule has 0 radical (unpaired) electrons. The maximum atomic E-state index is 5.55. The van der Waals surface area contributed by atoms with Crippen LogP contribution in [0.25, 0.3) is 0 Å². The first-order valence-electron chi connectivity index (χ1n) is 5.20. The van der Waals surface area contributed by atoms with Crippen molar-refractivity contribution in [2.24, 2.45) is 11.8 Å². The molecule has 2 unspecified atom stereocenters. The fraction of sp³-hybridized carbons (Fsp3) is 0.636. The zero-order valence-electron chi connectivity index (χ0n) is 9.21. The predicted octanol–water partition coefficient (Wildman–Crippen LogP) is 2.53. The molecule has 0 aliphatic heterocycles. The third-order valence-corrected chi connectivity index (χ3v) is 2.68. The number of aryl methyl sites for hydroxylation is 1. The molecule has 0 aliphatic carbocycles. The number of rotatable bonds is 5. The molecule has 3 heteroatoms. The van der Waals surface area contributed by atoms with Gasteiger partial charge in [0.15, 0.2) is 0 Å². The van der Waals surface area contributed by atoms with Crippen LogP contribution in [0.5, 0.6) is 0 Å². The number of hydrogen-bond acceptors (Lipinski definition) is 3. The van der Waals surface area contributed by atoms with Gasteiger partial charge in [-0.05, 0) is 30.9 Å². The van der Waals surface area contributed by atoms with Gasteiger partial charge < -0.3 is 4.42 Å². The summed E-state index contributed by atoms with van der Waals surface area (Å²) in [7, 11) is 0. The number of hydrogen-bond donors (Lipinski definition) is 2. The summed E-state index contributed by atoms with van der Waals surface area (Å²) in [4.78, 5) is 0. The highest BCUT2D eigenvalue weighted by atomic mass is 16.3. The van der Waals surface area contributed by atoms with Gasteiger partial charge in [0, 0.05) is 0 Å². The maximum Gasteiger partial charge on any atom is 0.125 e. The first kappa shape index (κ1) is 11.3. The average Bonchev–Trinajstić information content (AvgIpc) is 2.54. The fourth-order valence-corrected chi connectivity index (χ4v) is 1.82. The van der Waals surface area contributed by atoms with E-state index in [2.05, 4.69) is 19.3 Å². The number of furan rings is 1. The largest absolute Gasteiger partial charge is 0.467 e. The van der Waals surface area contributed by atoms with Crippen molar-refractivity contribution >= 4 is 0 Å². The van der Waals surface area contributed by atoms with Crippen LogP contribution < -0.4 is 11.3 Å². The molecule has 2 atom stereocenters. The lowest BCUT2D eigenvalue weighted by molar-refractivity contribution is 0.312. The summed E-state index contributed by atoms with van der Waals surface area (Å²) in [5.41, 5.74) is 4.00. The molecule has 14 heavy (non-hydrogen) atoms. The predicted molar refractivity (Wildman–Crippen MR) is 57.6 cm³/mol. The number of nitrogens with one attached hydrogen (secondary N) is 1. The van der Waals surface area contributed by atoms with Crippen LogP contribution in [0, 0.1) is 12.8 Å². The Balaban J connectivity index is 2.76. The van der Waals surface area contributed by atoms with Gasteiger partial charge in [-0.25, -0.2) is 5.43 Å². The van der Waals surface area contributed by atoms with Crippen LogP contribution in [0.15, 0.2) is 16.7 Å². The highest BCUT2D eigenvalue weighted by Crippen LogP contribution is 2.27. The van der Waals surface area contributed by atoms with Crippen LogP contribution in [-0.4, -0.2) is 0 Å². The van der Waals surface area contributed by atoms with E-state index in [0.717, 1.165) is 17.7 Å². The molecule has 3 N–H and O–H groups in total. The minimum Gasteiger partial charge on any atom is -0.467 e. The van der Waals surface area contributed by atoms with Crippen LogP contribution in [-0.2, 0) is 0 Å². The van der Waals surface area contributed by atoms with Crippen molar-refractivity contribution in [3.63, 3.8) is 0 Å². The lowest BCUT2D eigenvalue weighted by Gasteiger charge is -2.21. The molecule has 0 bridgehead atoms. The molecule has 0 fully saturated rings. The van der Waals surface area contributed by atoms with E-state index in [1.54, 1.807) is 6.26 Å². The molecule has 0 spiro atoms. The van der Waals surface area contributed by atoms with Crippen LogP contribution >= 0.6 is 0 Å². The van der Waals surface area contributed by atoms with Gasteiger partial charge in [0.25, 0.3) is 0 Å². The minimum atomic E-state index is 0.130. The van der Waals surface area contributed by atoms with Gasteiger partial charge in [0.1, 0.15) is 5.76 Å². The summed E-state index contributed by atoms with van der Waals surface area (Å²) in [5, 5.41) is 0. The molecule has 0 aromatic carbocycles. The normalized spacial score (nSPS) is 15.4. The van der Waals surface area contributed by atoms with Gasteiger partial charge in [-0.3, -0.25) is 5.84 Å². The molecule has 1 heterocycles. The Morgan fingerprint density at radius 2 is 2.29 bits per heavy atom. The highest BCUT2D eigenvalue weighted by Gasteiger charge is 2.21. The Morgan fingerprint density at radius 3 is 2.71 bits per heavy atom. The minimum absolute atomic E-state index is 0.130. The monoisotopic (exact) mass is 196 g/mol. The second-order valence-electron chi connectivity index (χ2n) is 3.88. The van der Waals surface area contributed by atoms with E-state index in [1.807, 2.05) is 13.0 Å². The van der Waals surface area contributed by atoms with Crippen LogP contribution in [0.4, 0.5) is 0 Å². The van der Waals surface area contributed by atoms with Crippen molar-refractivity contribution in [1.29, 1.82) is 0 Å². The summed E-state index contributed by atoms with van der Waals surface area (Å²) in [5.74, 6) is 7.02. The Hall–Kier alpha value is -0.800. The van der Waals surface area contributed by atoms with Gasteiger partial charge in [0.05, 0.1) is 12.3 Å². The van der Waals surface area contributed by atoms with E-state index in [-0.39, 0.29) is 6.04 Å². The van der Waals surface area contributed by atoms with Crippen molar-refractivity contribution in [2.45, 2.75) is 39.7 Å². The molecule has 0 amide bonds.